The van der Waals surface area contributed by atoms with Gasteiger partial charge in [0.05, 0.1) is 13.3 Å². The topological polar surface area (TPSA) is 64.4 Å². The molecule has 7 heteroatoms. The lowest BCUT2D eigenvalue weighted by atomic mass is 10.1. The summed E-state index contributed by atoms with van der Waals surface area (Å²) in [7, 11) is 1.62. The molecule has 3 aromatic carbocycles. The molecule has 4 rings (SSSR count). The molecule has 0 amide bonds. The Labute approximate surface area is 185 Å². The number of H-pyrrole nitrogens is 1. The molecule has 0 aliphatic carbocycles. The molecule has 156 valence electrons. The summed E-state index contributed by atoms with van der Waals surface area (Å²) in [5.74, 6) is 1.96. The number of ether oxygens (including phenoxy) is 2. The Morgan fingerprint density at radius 3 is 2.65 bits per heavy atom. The summed E-state index contributed by atoms with van der Waals surface area (Å²) in [6.45, 7) is 2.48. The third-order valence-corrected chi connectivity index (χ3v) is 4.94. The molecule has 0 aliphatic heterocycles. The molecule has 0 atom stereocenters. The Kier molecular flexibility index (Phi) is 6.24. The largest absolute Gasteiger partial charge is 0.493 e. The standard InChI is InChI=1S/C24H22N4O2S/c1-17-7-6-10-20(13-17)23-26-27-24(31)28(23)25-15-19-11-12-21(29-2)22(14-19)30-16-18-8-4-3-5-9-18/h3-15H,16H2,1-2H3,(H,27,31)/b25-15-. The van der Waals surface area contributed by atoms with E-state index < -0.39 is 0 Å². The highest BCUT2D eigenvalue weighted by Crippen LogP contribution is 2.28. The van der Waals surface area contributed by atoms with E-state index in [1.165, 1.54) is 0 Å². The van der Waals surface area contributed by atoms with Crippen LogP contribution in [-0.2, 0) is 6.61 Å². The number of nitrogens with zero attached hydrogens (tertiary/aromatic N) is 3. The van der Waals surface area contributed by atoms with E-state index in [1.54, 1.807) is 18.0 Å². The van der Waals surface area contributed by atoms with Gasteiger partial charge >= 0.3 is 0 Å². The van der Waals surface area contributed by atoms with Gasteiger partial charge in [0.15, 0.2) is 17.3 Å². The van der Waals surface area contributed by atoms with E-state index >= 15 is 0 Å². The maximum atomic E-state index is 5.99. The molecule has 0 spiro atoms. The molecule has 0 radical (unpaired) electrons. The van der Waals surface area contributed by atoms with Gasteiger partial charge in [-0.2, -0.15) is 14.9 Å². The Morgan fingerprint density at radius 2 is 1.87 bits per heavy atom. The Hall–Kier alpha value is -3.71. The Morgan fingerprint density at radius 1 is 1.03 bits per heavy atom. The van der Waals surface area contributed by atoms with Crippen LogP contribution in [0, 0.1) is 11.7 Å². The fourth-order valence-corrected chi connectivity index (χ4v) is 3.30. The number of aromatic amines is 1. The number of hydrogen-bond donors (Lipinski definition) is 1. The molecule has 0 aliphatic rings. The summed E-state index contributed by atoms with van der Waals surface area (Å²) in [6, 6.07) is 23.7. The van der Waals surface area contributed by atoms with Gasteiger partial charge in [-0.05, 0) is 54.5 Å². The van der Waals surface area contributed by atoms with Gasteiger partial charge < -0.3 is 9.47 Å². The molecule has 0 fully saturated rings. The molecular weight excluding hydrogens is 408 g/mol. The molecule has 6 nitrogen and oxygen atoms in total. The Bertz CT molecular complexity index is 1260. The lowest BCUT2D eigenvalue weighted by molar-refractivity contribution is 0.284. The van der Waals surface area contributed by atoms with Crippen molar-refractivity contribution in [2.45, 2.75) is 13.5 Å². The predicted octanol–water partition coefficient (Wildman–Crippen LogP) is 5.39. The van der Waals surface area contributed by atoms with E-state index in [1.807, 2.05) is 79.7 Å². The van der Waals surface area contributed by atoms with Crippen molar-refractivity contribution in [1.29, 1.82) is 0 Å². The summed E-state index contributed by atoms with van der Waals surface area (Å²) in [5, 5.41) is 11.7. The molecule has 31 heavy (non-hydrogen) atoms. The third kappa shape index (κ3) is 4.90. The van der Waals surface area contributed by atoms with Crippen LogP contribution in [0.1, 0.15) is 16.7 Å². The van der Waals surface area contributed by atoms with Crippen molar-refractivity contribution in [1.82, 2.24) is 14.9 Å². The highest BCUT2D eigenvalue weighted by Gasteiger charge is 2.09. The third-order valence-electron chi connectivity index (χ3n) is 4.67. The van der Waals surface area contributed by atoms with Gasteiger partial charge in [-0.3, -0.25) is 0 Å². The highest BCUT2D eigenvalue weighted by atomic mass is 32.1. The van der Waals surface area contributed by atoms with Gasteiger partial charge in [0, 0.05) is 5.56 Å². The Balaban J connectivity index is 1.60. The lowest BCUT2D eigenvalue weighted by Gasteiger charge is -2.11. The second-order valence-electron chi connectivity index (χ2n) is 6.96. The van der Waals surface area contributed by atoms with Gasteiger partial charge in [-0.15, -0.1) is 0 Å². The van der Waals surface area contributed by atoms with Crippen LogP contribution in [0.15, 0.2) is 77.9 Å². The minimum Gasteiger partial charge on any atom is -0.493 e. The zero-order valence-corrected chi connectivity index (χ0v) is 18.1. The average molecular weight is 431 g/mol. The molecular formula is C24H22N4O2S. The van der Waals surface area contributed by atoms with E-state index in [-0.39, 0.29) is 0 Å². The van der Waals surface area contributed by atoms with Crippen LogP contribution in [-0.4, -0.2) is 28.2 Å². The molecule has 0 saturated heterocycles. The maximum Gasteiger partial charge on any atom is 0.216 e. The molecule has 0 saturated carbocycles. The van der Waals surface area contributed by atoms with E-state index in [4.69, 9.17) is 21.7 Å². The maximum absolute atomic E-state index is 5.99. The summed E-state index contributed by atoms with van der Waals surface area (Å²) in [4.78, 5) is 0. The number of methoxy groups -OCH3 is 1. The van der Waals surface area contributed by atoms with Crippen molar-refractivity contribution in [3.63, 3.8) is 0 Å². The molecule has 0 unspecified atom stereocenters. The second-order valence-corrected chi connectivity index (χ2v) is 7.35. The molecule has 1 aromatic heterocycles. The molecule has 1 N–H and O–H groups in total. The summed E-state index contributed by atoms with van der Waals surface area (Å²) in [5.41, 5.74) is 4.00. The van der Waals surface area contributed by atoms with Crippen LogP contribution in [0.5, 0.6) is 11.5 Å². The number of hydrogen-bond acceptors (Lipinski definition) is 5. The van der Waals surface area contributed by atoms with Crippen molar-refractivity contribution >= 4 is 18.4 Å². The van der Waals surface area contributed by atoms with E-state index in [0.29, 0.717) is 28.7 Å². The van der Waals surface area contributed by atoms with Crippen molar-refractivity contribution in [2.24, 2.45) is 5.10 Å². The second kappa shape index (κ2) is 9.40. The average Bonchev–Trinajstić information content (AvgIpc) is 3.17. The smallest absolute Gasteiger partial charge is 0.216 e. The minimum atomic E-state index is 0.418. The van der Waals surface area contributed by atoms with Crippen LogP contribution < -0.4 is 9.47 Å². The van der Waals surface area contributed by atoms with Crippen molar-refractivity contribution in [2.75, 3.05) is 7.11 Å². The van der Waals surface area contributed by atoms with E-state index in [2.05, 4.69) is 15.3 Å². The zero-order valence-electron chi connectivity index (χ0n) is 17.3. The first kappa shape index (κ1) is 20.6. The number of rotatable bonds is 7. The molecule has 1 heterocycles. The van der Waals surface area contributed by atoms with Gasteiger partial charge in [0.2, 0.25) is 4.77 Å². The van der Waals surface area contributed by atoms with Gasteiger partial charge in [-0.1, -0.05) is 54.1 Å². The fraction of sp³-hybridized carbons (Fsp3) is 0.125. The van der Waals surface area contributed by atoms with E-state index in [9.17, 15) is 0 Å². The zero-order chi connectivity index (χ0) is 21.6. The van der Waals surface area contributed by atoms with Crippen LogP contribution in [0.25, 0.3) is 11.4 Å². The van der Waals surface area contributed by atoms with E-state index in [0.717, 1.165) is 22.3 Å². The summed E-state index contributed by atoms with van der Waals surface area (Å²) < 4.78 is 13.5. The first-order chi connectivity index (χ1) is 15.1. The van der Waals surface area contributed by atoms with Crippen molar-refractivity contribution in [3.8, 4) is 22.9 Å². The fourth-order valence-electron chi connectivity index (χ4n) is 3.12. The van der Waals surface area contributed by atoms with Crippen molar-refractivity contribution in [3.05, 3.63) is 94.3 Å². The SMILES string of the molecule is COc1ccc(/C=N\n2c(-c3cccc(C)c3)n[nH]c2=S)cc1OCc1ccccc1. The summed E-state index contributed by atoms with van der Waals surface area (Å²) >= 11 is 5.37. The van der Waals surface area contributed by atoms with Gasteiger partial charge in [-0.25, -0.2) is 5.10 Å². The predicted molar refractivity (Wildman–Crippen MR) is 124 cm³/mol. The minimum absolute atomic E-state index is 0.418. The van der Waals surface area contributed by atoms with Gasteiger partial charge in [0.25, 0.3) is 0 Å². The van der Waals surface area contributed by atoms with Crippen LogP contribution in [0.2, 0.25) is 0 Å². The van der Waals surface area contributed by atoms with Gasteiger partial charge in [0.1, 0.15) is 6.61 Å². The lowest BCUT2D eigenvalue weighted by Crippen LogP contribution is -1.99. The van der Waals surface area contributed by atoms with Crippen molar-refractivity contribution < 1.29 is 9.47 Å². The highest BCUT2D eigenvalue weighted by molar-refractivity contribution is 7.71. The number of aryl methyl sites for hydroxylation is 1. The number of aromatic nitrogens is 3. The quantitative estimate of drug-likeness (QED) is 0.316. The molecule has 4 aromatic rings. The molecule has 0 bridgehead atoms. The van der Waals surface area contributed by atoms with Crippen LogP contribution in [0.4, 0.5) is 0 Å². The normalized spacial score (nSPS) is 11.0. The van der Waals surface area contributed by atoms with Crippen LogP contribution >= 0.6 is 12.2 Å². The first-order valence-electron chi connectivity index (χ1n) is 9.77. The first-order valence-corrected chi connectivity index (χ1v) is 10.2. The number of nitrogens with one attached hydrogen (secondary N) is 1. The van der Waals surface area contributed by atoms with Crippen LogP contribution in [0.3, 0.4) is 0 Å². The monoisotopic (exact) mass is 430 g/mol. The number of benzene rings is 3. The summed E-state index contributed by atoms with van der Waals surface area (Å²) in [6.07, 6.45) is 1.72.